The number of fused-ring (bicyclic) bond motifs is 1. The second kappa shape index (κ2) is 10.2. The Morgan fingerprint density at radius 3 is 2.38 bits per heavy atom. The van der Waals surface area contributed by atoms with Crippen LogP contribution in [0.1, 0.15) is 29.6 Å². The third-order valence-electron chi connectivity index (χ3n) is 5.50. The molecule has 0 bridgehead atoms. The van der Waals surface area contributed by atoms with Gasteiger partial charge >= 0.3 is 5.97 Å². The van der Waals surface area contributed by atoms with E-state index in [1.807, 2.05) is 0 Å². The van der Waals surface area contributed by atoms with E-state index in [1.165, 1.54) is 51.6 Å². The Morgan fingerprint density at radius 2 is 1.74 bits per heavy atom. The SMILES string of the molecule is COC(=O)Cn1c(=NC(=O)c2ccc(S(=O)(=O)N3CCCCC3)cc2)sc2ccc(Cl)c(Cl)c21. The number of carbonyl (C=O) groups excluding carboxylic acids is 2. The van der Waals surface area contributed by atoms with Crippen molar-refractivity contribution in [3.8, 4) is 0 Å². The van der Waals surface area contributed by atoms with Crippen molar-refractivity contribution in [1.82, 2.24) is 8.87 Å². The number of hydrogen-bond donors (Lipinski definition) is 0. The van der Waals surface area contributed by atoms with Crippen LogP contribution in [0.5, 0.6) is 0 Å². The molecule has 8 nitrogen and oxygen atoms in total. The van der Waals surface area contributed by atoms with Crippen molar-refractivity contribution in [2.24, 2.45) is 4.99 Å². The second-order valence-electron chi connectivity index (χ2n) is 7.66. The number of carbonyl (C=O) groups is 2. The largest absolute Gasteiger partial charge is 0.468 e. The normalized spacial score (nSPS) is 15.6. The maximum absolute atomic E-state index is 12.9. The van der Waals surface area contributed by atoms with E-state index in [-0.39, 0.29) is 26.8 Å². The van der Waals surface area contributed by atoms with Gasteiger partial charge in [-0.1, -0.05) is 41.0 Å². The molecule has 180 valence electrons. The molecule has 12 heteroatoms. The molecular formula is C22H21Cl2N3O5S2. The topological polar surface area (TPSA) is 98.0 Å². The van der Waals surface area contributed by atoms with Crippen LogP contribution in [0, 0.1) is 0 Å². The fraction of sp³-hybridized carbons (Fsp3) is 0.318. The van der Waals surface area contributed by atoms with Gasteiger partial charge in [-0.25, -0.2) is 8.42 Å². The minimum atomic E-state index is -3.60. The molecule has 0 N–H and O–H groups in total. The summed E-state index contributed by atoms with van der Waals surface area (Å²) in [6.45, 7) is 0.782. The van der Waals surface area contributed by atoms with E-state index < -0.39 is 21.9 Å². The zero-order valence-electron chi connectivity index (χ0n) is 18.2. The van der Waals surface area contributed by atoms with Crippen LogP contribution in [0.4, 0.5) is 0 Å². The van der Waals surface area contributed by atoms with E-state index in [2.05, 4.69) is 4.99 Å². The van der Waals surface area contributed by atoms with Crippen LogP contribution in [-0.2, 0) is 26.1 Å². The lowest BCUT2D eigenvalue weighted by atomic mass is 10.2. The Bertz CT molecular complexity index is 1420. The summed E-state index contributed by atoms with van der Waals surface area (Å²) in [7, 11) is -2.34. The first-order valence-electron chi connectivity index (χ1n) is 10.5. The first kappa shape index (κ1) is 24.9. The number of amides is 1. The fourth-order valence-corrected chi connectivity index (χ4v) is 6.73. The van der Waals surface area contributed by atoms with Crippen molar-refractivity contribution in [2.75, 3.05) is 20.2 Å². The lowest BCUT2D eigenvalue weighted by molar-refractivity contribution is -0.141. The highest BCUT2D eigenvalue weighted by atomic mass is 35.5. The van der Waals surface area contributed by atoms with Gasteiger partial charge in [-0.3, -0.25) is 9.59 Å². The molecule has 1 aliphatic rings. The molecule has 0 unspecified atom stereocenters. The number of piperidine rings is 1. The minimum Gasteiger partial charge on any atom is -0.468 e. The third kappa shape index (κ3) is 4.92. The molecule has 0 spiro atoms. The van der Waals surface area contributed by atoms with Gasteiger partial charge in [0, 0.05) is 18.7 Å². The summed E-state index contributed by atoms with van der Waals surface area (Å²) in [5, 5.41) is 0.537. The van der Waals surface area contributed by atoms with Gasteiger partial charge in [-0.05, 0) is 49.2 Å². The monoisotopic (exact) mass is 541 g/mol. The zero-order chi connectivity index (χ0) is 24.5. The van der Waals surface area contributed by atoms with Gasteiger partial charge in [0.05, 0.1) is 32.3 Å². The highest BCUT2D eigenvalue weighted by Gasteiger charge is 2.26. The summed E-state index contributed by atoms with van der Waals surface area (Å²) in [5.41, 5.74) is 0.683. The van der Waals surface area contributed by atoms with Gasteiger partial charge in [0.15, 0.2) is 4.80 Å². The van der Waals surface area contributed by atoms with Crippen LogP contribution < -0.4 is 4.80 Å². The molecule has 3 aromatic rings. The van der Waals surface area contributed by atoms with E-state index in [4.69, 9.17) is 27.9 Å². The van der Waals surface area contributed by atoms with Gasteiger partial charge in [0.1, 0.15) is 6.54 Å². The molecule has 2 heterocycles. The molecule has 0 aliphatic carbocycles. The first-order chi connectivity index (χ1) is 16.2. The summed E-state index contributed by atoms with van der Waals surface area (Å²) in [6, 6.07) is 9.05. The average Bonchev–Trinajstić information content (AvgIpc) is 3.19. The number of aromatic nitrogens is 1. The van der Waals surface area contributed by atoms with Crippen molar-refractivity contribution in [2.45, 2.75) is 30.7 Å². The van der Waals surface area contributed by atoms with Crippen LogP contribution in [0.15, 0.2) is 46.3 Å². The summed E-state index contributed by atoms with van der Waals surface area (Å²) in [6.07, 6.45) is 2.70. The Balaban J connectivity index is 1.70. The zero-order valence-corrected chi connectivity index (χ0v) is 21.3. The number of esters is 1. The molecule has 4 rings (SSSR count). The average molecular weight is 542 g/mol. The smallest absolute Gasteiger partial charge is 0.325 e. The Morgan fingerprint density at radius 1 is 1.06 bits per heavy atom. The third-order valence-corrected chi connectivity index (χ3v) is 9.25. The number of rotatable bonds is 5. The van der Waals surface area contributed by atoms with E-state index in [1.54, 1.807) is 12.1 Å². The lowest BCUT2D eigenvalue weighted by Crippen LogP contribution is -2.35. The Kier molecular flexibility index (Phi) is 7.44. The molecule has 34 heavy (non-hydrogen) atoms. The maximum Gasteiger partial charge on any atom is 0.325 e. The number of thiazole rings is 1. The number of benzene rings is 2. The standard InChI is InChI=1S/C22H21Cl2N3O5S2/c1-32-18(28)13-27-20-17(10-9-16(23)19(20)24)33-22(27)25-21(29)14-5-7-15(8-6-14)34(30,31)26-11-3-2-4-12-26/h5-10H,2-4,11-13H2,1H3. The predicted octanol–water partition coefficient (Wildman–Crippen LogP) is 4.10. The molecule has 2 aromatic carbocycles. The van der Waals surface area contributed by atoms with Gasteiger partial charge < -0.3 is 9.30 Å². The lowest BCUT2D eigenvalue weighted by Gasteiger charge is -2.25. The number of halogens is 2. The van der Waals surface area contributed by atoms with E-state index >= 15 is 0 Å². The highest BCUT2D eigenvalue weighted by molar-refractivity contribution is 7.89. The van der Waals surface area contributed by atoms with Crippen molar-refractivity contribution >= 4 is 66.7 Å². The van der Waals surface area contributed by atoms with Crippen molar-refractivity contribution < 1.29 is 22.7 Å². The van der Waals surface area contributed by atoms with Crippen LogP contribution in [0.3, 0.4) is 0 Å². The maximum atomic E-state index is 12.9. The van der Waals surface area contributed by atoms with Crippen LogP contribution in [0.25, 0.3) is 10.2 Å². The number of hydrogen-bond acceptors (Lipinski definition) is 6. The number of methoxy groups -OCH3 is 1. The molecule has 1 fully saturated rings. The van der Waals surface area contributed by atoms with Gasteiger partial charge in [-0.2, -0.15) is 9.30 Å². The molecule has 1 amide bonds. The Labute approximate surface area is 210 Å². The fourth-order valence-electron chi connectivity index (χ4n) is 3.70. The minimum absolute atomic E-state index is 0.134. The number of nitrogens with zero attached hydrogens (tertiary/aromatic N) is 3. The van der Waals surface area contributed by atoms with Crippen molar-refractivity contribution in [1.29, 1.82) is 0 Å². The van der Waals surface area contributed by atoms with Gasteiger partial charge in [-0.15, -0.1) is 0 Å². The molecule has 1 aliphatic heterocycles. The molecular weight excluding hydrogens is 521 g/mol. The molecule has 0 radical (unpaired) electrons. The van der Waals surface area contributed by atoms with E-state index in [9.17, 15) is 18.0 Å². The highest BCUT2D eigenvalue weighted by Crippen LogP contribution is 2.32. The van der Waals surface area contributed by atoms with Gasteiger partial charge in [0.25, 0.3) is 5.91 Å². The molecule has 0 atom stereocenters. The quantitative estimate of drug-likeness (QED) is 0.453. The molecule has 0 saturated carbocycles. The molecule has 1 aromatic heterocycles. The first-order valence-corrected chi connectivity index (χ1v) is 13.5. The van der Waals surface area contributed by atoms with Crippen molar-refractivity contribution in [3.05, 3.63) is 56.8 Å². The Hall–Kier alpha value is -2.24. The molecule has 1 saturated heterocycles. The van der Waals surface area contributed by atoms with Gasteiger partial charge in [0.2, 0.25) is 10.0 Å². The summed E-state index contributed by atoms with van der Waals surface area (Å²) < 4.78 is 34.1. The number of ether oxygens (including phenoxy) is 1. The number of sulfonamides is 1. The van der Waals surface area contributed by atoms with Crippen molar-refractivity contribution in [3.63, 3.8) is 0 Å². The summed E-state index contributed by atoms with van der Waals surface area (Å²) >= 11 is 13.7. The predicted molar refractivity (Wildman–Crippen MR) is 131 cm³/mol. The van der Waals surface area contributed by atoms with E-state index in [0.29, 0.717) is 28.3 Å². The van der Waals surface area contributed by atoms with Crippen LogP contribution in [0.2, 0.25) is 10.0 Å². The van der Waals surface area contributed by atoms with Crippen LogP contribution in [-0.4, -0.2) is 49.4 Å². The second-order valence-corrected chi connectivity index (χ2v) is 11.4. The van der Waals surface area contributed by atoms with E-state index in [0.717, 1.165) is 19.3 Å². The summed E-state index contributed by atoms with van der Waals surface area (Å²) in [4.78, 5) is 29.4. The summed E-state index contributed by atoms with van der Waals surface area (Å²) in [5.74, 6) is -1.13. The van der Waals surface area contributed by atoms with Crippen LogP contribution >= 0.6 is 34.5 Å².